The molecule has 2 N–H and O–H groups in total. The lowest BCUT2D eigenvalue weighted by atomic mass is 10.0. The van der Waals surface area contributed by atoms with E-state index in [9.17, 15) is 0 Å². The van der Waals surface area contributed by atoms with Gasteiger partial charge in [0.05, 0.1) is 0 Å². The minimum Gasteiger partial charge on any atom is -0.490 e. The lowest BCUT2D eigenvalue weighted by Gasteiger charge is -2.08. The van der Waals surface area contributed by atoms with Crippen LogP contribution in [-0.2, 0) is 0 Å². The summed E-state index contributed by atoms with van der Waals surface area (Å²) in [5.74, 6) is 1.45. The van der Waals surface area contributed by atoms with Gasteiger partial charge in [-0.2, -0.15) is 0 Å². The van der Waals surface area contributed by atoms with Crippen molar-refractivity contribution in [3.8, 4) is 5.75 Å². The maximum Gasteiger partial charge on any atom is 0.120 e. The molecule has 1 aromatic carbocycles. The molecular weight excluding hydrogens is 186 g/mol. The highest BCUT2D eigenvalue weighted by Crippen LogP contribution is 2.19. The lowest BCUT2D eigenvalue weighted by molar-refractivity contribution is 0.362. The van der Waals surface area contributed by atoms with E-state index in [1.807, 2.05) is 24.3 Å². The molecule has 1 aromatic rings. The van der Waals surface area contributed by atoms with Crippen molar-refractivity contribution in [1.29, 1.82) is 0 Å². The van der Waals surface area contributed by atoms with Crippen LogP contribution < -0.4 is 10.5 Å². The Bertz CT molecular complexity index is 318. The maximum atomic E-state index is 5.56. The van der Waals surface area contributed by atoms with Crippen molar-refractivity contribution < 1.29 is 4.74 Å². The fourth-order valence-corrected chi connectivity index (χ4v) is 1.27. The predicted molar refractivity (Wildman–Crippen MR) is 64.2 cm³/mol. The van der Waals surface area contributed by atoms with E-state index in [0.717, 1.165) is 5.75 Å². The molecule has 0 bridgehead atoms. The normalized spacial score (nSPS) is 11.2. The number of ether oxygens (including phenoxy) is 1. The number of nitrogens with two attached hydrogens (primary N) is 1. The first-order valence-electron chi connectivity index (χ1n) is 5.32. The Kier molecular flexibility index (Phi) is 4.91. The lowest BCUT2D eigenvalue weighted by Crippen LogP contribution is -1.97. The summed E-state index contributed by atoms with van der Waals surface area (Å²) in [6, 6.07) is 8.20. The van der Waals surface area contributed by atoms with Gasteiger partial charge in [-0.15, -0.1) is 0 Å². The van der Waals surface area contributed by atoms with Gasteiger partial charge in [0.1, 0.15) is 12.4 Å². The zero-order valence-electron chi connectivity index (χ0n) is 9.44. The molecule has 2 nitrogen and oxygen atoms in total. The van der Waals surface area contributed by atoms with Crippen LogP contribution in [0, 0.1) is 0 Å². The van der Waals surface area contributed by atoms with E-state index in [4.69, 9.17) is 10.5 Å². The third kappa shape index (κ3) is 4.17. The second kappa shape index (κ2) is 6.25. The first-order valence-corrected chi connectivity index (χ1v) is 5.32. The molecule has 0 spiro atoms. The van der Waals surface area contributed by atoms with Crippen LogP contribution in [0.2, 0.25) is 0 Å². The Morgan fingerprint density at radius 3 is 2.80 bits per heavy atom. The van der Waals surface area contributed by atoms with E-state index in [1.54, 1.807) is 0 Å². The Hall–Kier alpha value is -1.28. The van der Waals surface area contributed by atoms with Crippen LogP contribution in [0.5, 0.6) is 5.75 Å². The number of hydrogen-bond acceptors (Lipinski definition) is 2. The van der Waals surface area contributed by atoms with Gasteiger partial charge in [0.2, 0.25) is 0 Å². The monoisotopic (exact) mass is 205 g/mol. The topological polar surface area (TPSA) is 35.2 Å². The van der Waals surface area contributed by atoms with Crippen LogP contribution >= 0.6 is 0 Å². The first kappa shape index (κ1) is 11.8. The van der Waals surface area contributed by atoms with Crippen LogP contribution in [0.3, 0.4) is 0 Å². The molecule has 0 aromatic heterocycles. The van der Waals surface area contributed by atoms with Crippen molar-refractivity contribution in [3.05, 3.63) is 42.0 Å². The molecule has 0 aliphatic carbocycles. The third-order valence-electron chi connectivity index (χ3n) is 2.17. The van der Waals surface area contributed by atoms with Crippen molar-refractivity contribution in [2.75, 3.05) is 13.2 Å². The van der Waals surface area contributed by atoms with Gasteiger partial charge >= 0.3 is 0 Å². The minimum atomic E-state index is 0.535. The molecule has 0 fully saturated rings. The Labute approximate surface area is 91.7 Å². The number of benzene rings is 1. The minimum absolute atomic E-state index is 0.535. The van der Waals surface area contributed by atoms with E-state index in [2.05, 4.69) is 26.0 Å². The molecule has 0 saturated heterocycles. The van der Waals surface area contributed by atoms with Gasteiger partial charge in [0.25, 0.3) is 0 Å². The van der Waals surface area contributed by atoms with Gasteiger partial charge in [-0.25, -0.2) is 0 Å². The molecule has 82 valence electrons. The smallest absolute Gasteiger partial charge is 0.120 e. The van der Waals surface area contributed by atoms with Gasteiger partial charge < -0.3 is 10.5 Å². The standard InChI is InChI=1S/C13H19NO/c1-11(2)12-6-5-7-13(10-12)15-9-4-3-8-14/h3-7,10-11H,8-9,14H2,1-2H3. The zero-order valence-corrected chi connectivity index (χ0v) is 9.44. The highest BCUT2D eigenvalue weighted by Gasteiger charge is 1.99. The van der Waals surface area contributed by atoms with Gasteiger partial charge in [0.15, 0.2) is 0 Å². The van der Waals surface area contributed by atoms with E-state index in [1.165, 1.54) is 5.56 Å². The van der Waals surface area contributed by atoms with E-state index in [-0.39, 0.29) is 0 Å². The predicted octanol–water partition coefficient (Wildman–Crippen LogP) is 2.70. The fraction of sp³-hybridized carbons (Fsp3) is 0.385. The SMILES string of the molecule is CC(C)c1cccc(OCC=CCN)c1. The molecule has 0 radical (unpaired) electrons. The van der Waals surface area contributed by atoms with Gasteiger partial charge in [0, 0.05) is 6.54 Å². The maximum absolute atomic E-state index is 5.56. The molecule has 0 amide bonds. The van der Waals surface area contributed by atoms with Crippen LogP contribution in [0.25, 0.3) is 0 Å². The van der Waals surface area contributed by atoms with Crippen LogP contribution in [0.15, 0.2) is 36.4 Å². The fourth-order valence-electron chi connectivity index (χ4n) is 1.27. The second-order valence-corrected chi connectivity index (χ2v) is 3.75. The van der Waals surface area contributed by atoms with Crippen molar-refractivity contribution in [2.45, 2.75) is 19.8 Å². The highest BCUT2D eigenvalue weighted by molar-refractivity contribution is 5.30. The molecule has 0 aliphatic heterocycles. The van der Waals surface area contributed by atoms with Crippen molar-refractivity contribution in [2.24, 2.45) is 5.73 Å². The first-order chi connectivity index (χ1) is 7.24. The van der Waals surface area contributed by atoms with Gasteiger partial charge in [-0.1, -0.05) is 38.1 Å². The highest BCUT2D eigenvalue weighted by atomic mass is 16.5. The van der Waals surface area contributed by atoms with Crippen molar-refractivity contribution >= 4 is 0 Å². The Morgan fingerprint density at radius 2 is 2.13 bits per heavy atom. The van der Waals surface area contributed by atoms with E-state index < -0.39 is 0 Å². The summed E-state index contributed by atoms with van der Waals surface area (Å²) in [7, 11) is 0. The number of rotatable bonds is 5. The summed E-state index contributed by atoms with van der Waals surface area (Å²) in [6.07, 6.45) is 3.83. The van der Waals surface area contributed by atoms with Gasteiger partial charge in [-0.05, 0) is 23.6 Å². The molecule has 0 heterocycles. The average Bonchev–Trinajstić information content (AvgIpc) is 2.25. The molecule has 1 rings (SSSR count). The summed E-state index contributed by atoms with van der Waals surface area (Å²) < 4.78 is 5.56. The average molecular weight is 205 g/mol. The van der Waals surface area contributed by atoms with Crippen molar-refractivity contribution in [1.82, 2.24) is 0 Å². The molecule has 0 atom stereocenters. The summed E-state index contributed by atoms with van der Waals surface area (Å²) in [6.45, 7) is 5.50. The zero-order chi connectivity index (χ0) is 11.1. The molecule has 2 heteroatoms. The summed E-state index contributed by atoms with van der Waals surface area (Å²) in [4.78, 5) is 0. The van der Waals surface area contributed by atoms with Crippen LogP contribution in [-0.4, -0.2) is 13.2 Å². The summed E-state index contributed by atoms with van der Waals surface area (Å²) in [5, 5.41) is 0. The van der Waals surface area contributed by atoms with Crippen molar-refractivity contribution in [3.63, 3.8) is 0 Å². The van der Waals surface area contributed by atoms with E-state index in [0.29, 0.717) is 19.1 Å². The quantitative estimate of drug-likeness (QED) is 0.750. The summed E-state index contributed by atoms with van der Waals surface area (Å²) >= 11 is 0. The molecule has 15 heavy (non-hydrogen) atoms. The molecule has 0 unspecified atom stereocenters. The van der Waals surface area contributed by atoms with E-state index >= 15 is 0 Å². The number of hydrogen-bond donors (Lipinski definition) is 1. The van der Waals surface area contributed by atoms with Crippen LogP contribution in [0.1, 0.15) is 25.3 Å². The van der Waals surface area contributed by atoms with Crippen LogP contribution in [0.4, 0.5) is 0 Å². The molecular formula is C13H19NO. The Balaban J connectivity index is 2.54. The Morgan fingerprint density at radius 1 is 1.33 bits per heavy atom. The molecule has 0 aliphatic rings. The van der Waals surface area contributed by atoms with Gasteiger partial charge in [-0.3, -0.25) is 0 Å². The largest absolute Gasteiger partial charge is 0.490 e. The molecule has 0 saturated carbocycles. The summed E-state index contributed by atoms with van der Waals surface area (Å²) in [5.41, 5.74) is 6.63. The second-order valence-electron chi connectivity index (χ2n) is 3.75. The third-order valence-corrected chi connectivity index (χ3v) is 2.17.